The molecule has 0 aliphatic rings. The maximum Gasteiger partial charge on any atom is 0.258 e. The number of ether oxygens (including phenoxy) is 1. The second kappa shape index (κ2) is 10.3. The van der Waals surface area contributed by atoms with E-state index in [0.717, 1.165) is 10.8 Å². The SMILES string of the molecule is CCOc1ccccc1NC(=O)CSc1nnc(NC(=O)c2cccc3ccccc23)s1. The van der Waals surface area contributed by atoms with Crippen LogP contribution in [0, 0.1) is 0 Å². The van der Waals surface area contributed by atoms with Crippen LogP contribution in [0.2, 0.25) is 0 Å². The fourth-order valence-corrected chi connectivity index (χ4v) is 4.62. The quantitative estimate of drug-likeness (QED) is 0.279. The number of carbonyl (C=O) groups excluding carboxylic acids is 2. The molecule has 0 spiro atoms. The Balaban J connectivity index is 1.35. The monoisotopic (exact) mass is 464 g/mol. The first-order valence-electron chi connectivity index (χ1n) is 9.91. The van der Waals surface area contributed by atoms with Gasteiger partial charge in [0.1, 0.15) is 5.75 Å². The van der Waals surface area contributed by atoms with E-state index < -0.39 is 0 Å². The summed E-state index contributed by atoms with van der Waals surface area (Å²) in [4.78, 5) is 25.1. The molecule has 1 heterocycles. The highest BCUT2D eigenvalue weighted by molar-refractivity contribution is 8.01. The third kappa shape index (κ3) is 5.24. The molecule has 0 fully saturated rings. The van der Waals surface area contributed by atoms with Crippen molar-refractivity contribution in [1.29, 1.82) is 0 Å². The lowest BCUT2D eigenvalue weighted by Gasteiger charge is -2.10. The number of aromatic nitrogens is 2. The molecule has 2 N–H and O–H groups in total. The number of nitrogens with one attached hydrogen (secondary N) is 2. The molecular formula is C23H20N4O3S2. The number of amides is 2. The van der Waals surface area contributed by atoms with E-state index in [1.807, 2.05) is 61.5 Å². The first-order chi connectivity index (χ1) is 15.6. The number of para-hydroxylation sites is 2. The summed E-state index contributed by atoms with van der Waals surface area (Å²) in [6, 6.07) is 20.6. The number of hydrogen-bond donors (Lipinski definition) is 2. The van der Waals surface area contributed by atoms with Crippen molar-refractivity contribution < 1.29 is 14.3 Å². The molecule has 9 heteroatoms. The molecule has 162 valence electrons. The topological polar surface area (TPSA) is 93.2 Å². The summed E-state index contributed by atoms with van der Waals surface area (Å²) >= 11 is 2.48. The minimum atomic E-state index is -0.250. The number of fused-ring (bicyclic) bond motifs is 1. The van der Waals surface area contributed by atoms with Crippen molar-refractivity contribution in [2.24, 2.45) is 0 Å². The Morgan fingerprint density at radius 2 is 1.75 bits per heavy atom. The van der Waals surface area contributed by atoms with Crippen LogP contribution in [-0.4, -0.2) is 34.4 Å². The van der Waals surface area contributed by atoms with E-state index in [2.05, 4.69) is 20.8 Å². The molecule has 2 amide bonds. The summed E-state index contributed by atoms with van der Waals surface area (Å²) < 4.78 is 6.11. The van der Waals surface area contributed by atoms with Crippen LogP contribution >= 0.6 is 23.1 Å². The number of thioether (sulfide) groups is 1. The highest BCUT2D eigenvalue weighted by Gasteiger charge is 2.14. The van der Waals surface area contributed by atoms with Gasteiger partial charge in [-0.05, 0) is 35.9 Å². The van der Waals surface area contributed by atoms with Crippen LogP contribution in [0.1, 0.15) is 17.3 Å². The first-order valence-corrected chi connectivity index (χ1v) is 11.7. The minimum absolute atomic E-state index is 0.159. The summed E-state index contributed by atoms with van der Waals surface area (Å²) in [6.45, 7) is 2.40. The van der Waals surface area contributed by atoms with Crippen molar-refractivity contribution in [2.45, 2.75) is 11.3 Å². The first kappa shape index (κ1) is 21.8. The van der Waals surface area contributed by atoms with Crippen molar-refractivity contribution in [1.82, 2.24) is 10.2 Å². The van der Waals surface area contributed by atoms with Crippen LogP contribution in [0.25, 0.3) is 10.8 Å². The lowest BCUT2D eigenvalue weighted by molar-refractivity contribution is -0.113. The molecule has 1 aromatic heterocycles. The highest BCUT2D eigenvalue weighted by Crippen LogP contribution is 2.28. The van der Waals surface area contributed by atoms with Gasteiger partial charge in [-0.1, -0.05) is 71.6 Å². The molecule has 7 nitrogen and oxygen atoms in total. The molecule has 0 saturated heterocycles. The Morgan fingerprint density at radius 3 is 2.62 bits per heavy atom. The average molecular weight is 465 g/mol. The van der Waals surface area contributed by atoms with Gasteiger partial charge in [0.15, 0.2) is 4.34 Å². The molecule has 0 aliphatic heterocycles. The van der Waals surface area contributed by atoms with Crippen molar-refractivity contribution in [3.63, 3.8) is 0 Å². The molecule has 0 atom stereocenters. The maximum absolute atomic E-state index is 12.7. The van der Waals surface area contributed by atoms with E-state index in [9.17, 15) is 9.59 Å². The van der Waals surface area contributed by atoms with Gasteiger partial charge in [0.05, 0.1) is 18.0 Å². The van der Waals surface area contributed by atoms with Gasteiger partial charge >= 0.3 is 0 Å². The molecule has 32 heavy (non-hydrogen) atoms. The average Bonchev–Trinajstić information content (AvgIpc) is 3.26. The molecular weight excluding hydrogens is 444 g/mol. The maximum atomic E-state index is 12.7. The lowest BCUT2D eigenvalue weighted by atomic mass is 10.0. The molecule has 3 aromatic carbocycles. The summed E-state index contributed by atoms with van der Waals surface area (Å²) in [6.07, 6.45) is 0. The van der Waals surface area contributed by atoms with Crippen LogP contribution in [0.15, 0.2) is 71.1 Å². The van der Waals surface area contributed by atoms with Crippen molar-refractivity contribution in [2.75, 3.05) is 23.0 Å². The van der Waals surface area contributed by atoms with Crippen molar-refractivity contribution in [3.8, 4) is 5.75 Å². The summed E-state index contributed by atoms with van der Waals surface area (Å²) in [5, 5.41) is 16.0. The summed E-state index contributed by atoms with van der Waals surface area (Å²) in [5.41, 5.74) is 1.19. The van der Waals surface area contributed by atoms with E-state index >= 15 is 0 Å². The smallest absolute Gasteiger partial charge is 0.258 e. The van der Waals surface area contributed by atoms with Crippen LogP contribution in [0.3, 0.4) is 0 Å². The zero-order valence-corrected chi connectivity index (χ0v) is 18.8. The predicted octanol–water partition coefficient (Wildman–Crippen LogP) is 5.07. The summed E-state index contributed by atoms with van der Waals surface area (Å²) in [5.74, 6) is 0.355. The van der Waals surface area contributed by atoms with Gasteiger partial charge < -0.3 is 10.1 Å². The Hall–Kier alpha value is -3.43. The molecule has 0 unspecified atom stereocenters. The third-order valence-corrected chi connectivity index (χ3v) is 6.42. The van der Waals surface area contributed by atoms with Gasteiger partial charge in [-0.25, -0.2) is 0 Å². The van der Waals surface area contributed by atoms with Crippen LogP contribution in [0.4, 0.5) is 10.8 Å². The van der Waals surface area contributed by atoms with Crippen LogP contribution < -0.4 is 15.4 Å². The van der Waals surface area contributed by atoms with E-state index in [-0.39, 0.29) is 17.6 Å². The summed E-state index contributed by atoms with van der Waals surface area (Å²) in [7, 11) is 0. The normalized spacial score (nSPS) is 10.7. The Kier molecular flexibility index (Phi) is 6.98. The van der Waals surface area contributed by atoms with Crippen LogP contribution in [0.5, 0.6) is 5.75 Å². The second-order valence-corrected chi connectivity index (χ2v) is 8.82. The fourth-order valence-electron chi connectivity index (χ4n) is 3.07. The van der Waals surface area contributed by atoms with Gasteiger partial charge in [0, 0.05) is 5.56 Å². The third-order valence-electron chi connectivity index (χ3n) is 4.45. The van der Waals surface area contributed by atoms with Crippen molar-refractivity contribution >= 4 is 56.5 Å². The molecule has 4 aromatic rings. The number of nitrogens with zero attached hydrogens (tertiary/aromatic N) is 2. The molecule has 0 bridgehead atoms. The van der Waals surface area contributed by atoms with Gasteiger partial charge in [-0.15, -0.1) is 10.2 Å². The second-order valence-electron chi connectivity index (χ2n) is 6.62. The number of hydrogen-bond acceptors (Lipinski definition) is 7. The van der Waals surface area contributed by atoms with Gasteiger partial charge in [-0.3, -0.25) is 14.9 Å². The zero-order chi connectivity index (χ0) is 22.3. The Bertz CT molecular complexity index is 1250. The largest absolute Gasteiger partial charge is 0.492 e. The van der Waals surface area contributed by atoms with Gasteiger partial charge in [0.2, 0.25) is 11.0 Å². The lowest BCUT2D eigenvalue weighted by Crippen LogP contribution is -2.14. The molecule has 4 rings (SSSR count). The van der Waals surface area contributed by atoms with Crippen molar-refractivity contribution in [3.05, 3.63) is 72.3 Å². The Labute approximate surface area is 193 Å². The highest BCUT2D eigenvalue weighted by atomic mass is 32.2. The number of rotatable bonds is 8. The predicted molar refractivity (Wildman–Crippen MR) is 129 cm³/mol. The van der Waals surface area contributed by atoms with E-state index in [1.165, 1.54) is 23.1 Å². The van der Waals surface area contributed by atoms with Gasteiger partial charge in [-0.2, -0.15) is 0 Å². The van der Waals surface area contributed by atoms with Crippen LogP contribution in [-0.2, 0) is 4.79 Å². The Morgan fingerprint density at radius 1 is 0.969 bits per heavy atom. The molecule has 0 radical (unpaired) electrons. The molecule has 0 aliphatic carbocycles. The zero-order valence-electron chi connectivity index (χ0n) is 17.2. The number of anilines is 2. The fraction of sp³-hybridized carbons (Fsp3) is 0.130. The standard InChI is InChI=1S/C23H20N4O3S2/c1-2-30-19-13-6-5-12-18(19)24-20(28)14-31-23-27-26-22(32-23)25-21(29)17-11-7-9-15-8-3-4-10-16(15)17/h3-13H,2,14H2,1H3,(H,24,28)(H,25,26,29). The van der Waals surface area contributed by atoms with E-state index in [0.29, 0.717) is 33.1 Å². The minimum Gasteiger partial charge on any atom is -0.492 e. The molecule has 0 saturated carbocycles. The van der Waals surface area contributed by atoms with E-state index in [4.69, 9.17) is 4.74 Å². The number of carbonyl (C=O) groups is 2. The van der Waals surface area contributed by atoms with Gasteiger partial charge in [0.25, 0.3) is 5.91 Å². The van der Waals surface area contributed by atoms with E-state index in [1.54, 1.807) is 12.1 Å². The number of benzene rings is 3.